The molecule has 0 heterocycles. The summed E-state index contributed by atoms with van der Waals surface area (Å²) in [5.41, 5.74) is 0.907. The number of hydrogen-bond donors (Lipinski definition) is 1. The molecule has 1 aromatic rings. The van der Waals surface area contributed by atoms with Crippen molar-refractivity contribution in [1.29, 1.82) is 0 Å². The van der Waals surface area contributed by atoms with Crippen LogP contribution < -0.4 is 5.32 Å². The summed E-state index contributed by atoms with van der Waals surface area (Å²) in [5.74, 6) is 0.259. The largest absolute Gasteiger partial charge is 0.310 e. The molecule has 1 aromatic carbocycles. The summed E-state index contributed by atoms with van der Waals surface area (Å²) in [6.07, 6.45) is 0. The highest BCUT2D eigenvalue weighted by atomic mass is 35.5. The summed E-state index contributed by atoms with van der Waals surface area (Å²) in [7, 11) is -1.96. The van der Waals surface area contributed by atoms with Crippen LogP contribution in [0.2, 0.25) is 5.02 Å². The Labute approximate surface area is 133 Å². The zero-order valence-corrected chi connectivity index (χ0v) is 14.9. The Morgan fingerprint density at radius 2 is 1.86 bits per heavy atom. The van der Waals surface area contributed by atoms with Crippen LogP contribution in [0.1, 0.15) is 33.3 Å². The molecule has 21 heavy (non-hydrogen) atoms. The predicted octanol–water partition coefficient (Wildman–Crippen LogP) is 3.11. The van der Waals surface area contributed by atoms with E-state index in [9.17, 15) is 8.42 Å². The third-order valence-corrected chi connectivity index (χ3v) is 5.33. The maximum Gasteiger partial charge on any atom is 0.244 e. The molecule has 120 valence electrons. The lowest BCUT2D eigenvalue weighted by atomic mass is 10.2. The van der Waals surface area contributed by atoms with Crippen molar-refractivity contribution in [3.63, 3.8) is 0 Å². The van der Waals surface area contributed by atoms with E-state index in [0.717, 1.165) is 5.56 Å². The molecule has 0 aliphatic heterocycles. The average Bonchev–Trinajstić information content (AvgIpc) is 2.36. The van der Waals surface area contributed by atoms with Crippen molar-refractivity contribution >= 4 is 21.6 Å². The number of nitrogens with zero attached hydrogens (tertiary/aromatic N) is 1. The summed E-state index contributed by atoms with van der Waals surface area (Å²) < 4.78 is 26.6. The van der Waals surface area contributed by atoms with Gasteiger partial charge in [-0.3, -0.25) is 0 Å². The minimum atomic E-state index is -3.55. The highest BCUT2D eigenvalue weighted by Gasteiger charge is 2.24. The lowest BCUT2D eigenvalue weighted by molar-refractivity contribution is 0.417. The Kier molecular flexibility index (Phi) is 6.66. The van der Waals surface area contributed by atoms with Gasteiger partial charge in [0.25, 0.3) is 0 Å². The lowest BCUT2D eigenvalue weighted by Crippen LogP contribution is -2.30. The van der Waals surface area contributed by atoms with E-state index in [-0.39, 0.29) is 15.8 Å². The van der Waals surface area contributed by atoms with E-state index in [1.165, 1.54) is 4.31 Å². The van der Waals surface area contributed by atoms with Gasteiger partial charge in [0.05, 0.1) is 5.02 Å². The van der Waals surface area contributed by atoms with Crippen LogP contribution in [-0.2, 0) is 16.6 Å². The fourth-order valence-electron chi connectivity index (χ4n) is 1.96. The molecule has 0 amide bonds. The Hall–Kier alpha value is -0.620. The molecule has 0 aromatic heterocycles. The van der Waals surface area contributed by atoms with Gasteiger partial charge >= 0.3 is 0 Å². The van der Waals surface area contributed by atoms with E-state index in [4.69, 9.17) is 11.6 Å². The lowest BCUT2D eigenvalue weighted by Gasteiger charge is -2.20. The molecule has 0 unspecified atom stereocenters. The smallest absolute Gasteiger partial charge is 0.244 e. The summed E-state index contributed by atoms with van der Waals surface area (Å²) in [4.78, 5) is 0.176. The zero-order valence-electron chi connectivity index (χ0n) is 13.4. The van der Waals surface area contributed by atoms with Gasteiger partial charge in [-0.15, -0.1) is 0 Å². The maximum atomic E-state index is 12.6. The van der Waals surface area contributed by atoms with E-state index in [1.807, 2.05) is 33.8 Å². The second kappa shape index (κ2) is 7.58. The standard InChI is InChI=1S/C15H25ClN2O2S/c1-11(2)10-18(5)21(19,20)15-8-13(6-7-14(15)16)9-17-12(3)4/h6-8,11-12,17H,9-10H2,1-5H3. The van der Waals surface area contributed by atoms with Crippen LogP contribution in [0.25, 0.3) is 0 Å². The third kappa shape index (κ3) is 5.25. The molecule has 0 bridgehead atoms. The number of nitrogens with one attached hydrogen (secondary N) is 1. The van der Waals surface area contributed by atoms with Crippen molar-refractivity contribution in [3.05, 3.63) is 28.8 Å². The van der Waals surface area contributed by atoms with E-state index >= 15 is 0 Å². The van der Waals surface area contributed by atoms with Crippen LogP contribution in [0.3, 0.4) is 0 Å². The molecule has 0 aliphatic rings. The van der Waals surface area contributed by atoms with Crippen LogP contribution in [-0.4, -0.2) is 32.4 Å². The monoisotopic (exact) mass is 332 g/mol. The fraction of sp³-hybridized carbons (Fsp3) is 0.600. The van der Waals surface area contributed by atoms with Crippen molar-refractivity contribution in [3.8, 4) is 0 Å². The summed E-state index contributed by atoms with van der Waals surface area (Å²) in [5, 5.41) is 3.53. The maximum absolute atomic E-state index is 12.6. The van der Waals surface area contributed by atoms with Crippen molar-refractivity contribution in [1.82, 2.24) is 9.62 Å². The van der Waals surface area contributed by atoms with E-state index in [2.05, 4.69) is 5.32 Å². The van der Waals surface area contributed by atoms with E-state index < -0.39 is 10.0 Å². The van der Waals surface area contributed by atoms with Crippen molar-refractivity contribution in [2.45, 2.75) is 45.2 Å². The first-order chi connectivity index (χ1) is 9.64. The molecule has 0 fully saturated rings. The number of rotatable bonds is 7. The van der Waals surface area contributed by atoms with Gasteiger partial charge in [-0.05, 0) is 23.6 Å². The van der Waals surface area contributed by atoms with Crippen molar-refractivity contribution < 1.29 is 8.42 Å². The molecule has 0 radical (unpaired) electrons. The fourth-order valence-corrected chi connectivity index (χ4v) is 3.81. The van der Waals surface area contributed by atoms with Gasteiger partial charge < -0.3 is 5.32 Å². The van der Waals surface area contributed by atoms with Crippen LogP contribution in [0, 0.1) is 5.92 Å². The second-order valence-corrected chi connectivity index (χ2v) is 8.40. The van der Waals surface area contributed by atoms with Crippen molar-refractivity contribution in [2.24, 2.45) is 5.92 Å². The molecule has 0 saturated heterocycles. The first-order valence-electron chi connectivity index (χ1n) is 7.12. The van der Waals surface area contributed by atoms with Gasteiger partial charge in [-0.1, -0.05) is 45.4 Å². The molecular weight excluding hydrogens is 308 g/mol. The number of halogens is 1. The SMILES string of the molecule is CC(C)CN(C)S(=O)(=O)c1cc(CNC(C)C)ccc1Cl. The Bertz CT molecular complexity index is 571. The molecule has 1 N–H and O–H groups in total. The molecule has 4 nitrogen and oxygen atoms in total. The molecule has 0 atom stereocenters. The van der Waals surface area contributed by atoms with Crippen LogP contribution >= 0.6 is 11.6 Å². The summed E-state index contributed by atoms with van der Waals surface area (Å²) in [6, 6.07) is 5.49. The number of benzene rings is 1. The van der Waals surface area contributed by atoms with Gasteiger partial charge in [-0.2, -0.15) is 0 Å². The molecule has 0 spiro atoms. The molecule has 1 rings (SSSR count). The highest BCUT2D eigenvalue weighted by molar-refractivity contribution is 7.89. The normalized spacial score (nSPS) is 12.6. The van der Waals surface area contributed by atoms with Crippen molar-refractivity contribution in [2.75, 3.05) is 13.6 Å². The topological polar surface area (TPSA) is 49.4 Å². The number of sulfonamides is 1. The Morgan fingerprint density at radius 1 is 1.24 bits per heavy atom. The highest BCUT2D eigenvalue weighted by Crippen LogP contribution is 2.25. The molecular formula is C15H25ClN2O2S. The predicted molar refractivity (Wildman–Crippen MR) is 88.1 cm³/mol. The Morgan fingerprint density at radius 3 is 2.38 bits per heavy atom. The van der Waals surface area contributed by atoms with Gasteiger partial charge in [-0.25, -0.2) is 12.7 Å². The molecule has 0 saturated carbocycles. The number of hydrogen-bond acceptors (Lipinski definition) is 3. The molecule has 6 heteroatoms. The quantitative estimate of drug-likeness (QED) is 0.834. The second-order valence-electron chi connectivity index (χ2n) is 5.98. The minimum Gasteiger partial charge on any atom is -0.310 e. The van der Waals surface area contributed by atoms with E-state index in [0.29, 0.717) is 19.1 Å². The van der Waals surface area contributed by atoms with E-state index in [1.54, 1.807) is 19.2 Å². The first kappa shape index (κ1) is 18.4. The Balaban J connectivity index is 3.07. The minimum absolute atomic E-state index is 0.176. The average molecular weight is 333 g/mol. The van der Waals surface area contributed by atoms with Crippen LogP contribution in [0.4, 0.5) is 0 Å². The first-order valence-corrected chi connectivity index (χ1v) is 8.94. The van der Waals surface area contributed by atoms with Crippen LogP contribution in [0.15, 0.2) is 23.1 Å². The van der Waals surface area contributed by atoms with Gasteiger partial charge in [0, 0.05) is 26.2 Å². The molecule has 0 aliphatic carbocycles. The zero-order chi connectivity index (χ0) is 16.2. The summed E-state index contributed by atoms with van der Waals surface area (Å²) in [6.45, 7) is 9.14. The van der Waals surface area contributed by atoms with Gasteiger partial charge in [0.2, 0.25) is 10.0 Å². The van der Waals surface area contributed by atoms with Gasteiger partial charge in [0.15, 0.2) is 0 Å². The van der Waals surface area contributed by atoms with Crippen LogP contribution in [0.5, 0.6) is 0 Å². The third-order valence-electron chi connectivity index (χ3n) is 3.02. The summed E-state index contributed by atoms with van der Waals surface area (Å²) >= 11 is 6.10. The van der Waals surface area contributed by atoms with Gasteiger partial charge in [0.1, 0.15) is 4.90 Å².